The van der Waals surface area contributed by atoms with Crippen molar-refractivity contribution in [3.05, 3.63) is 39.8 Å². The van der Waals surface area contributed by atoms with Crippen LogP contribution in [0.25, 0.3) is 0 Å². The molecule has 2 aromatic heterocycles. The van der Waals surface area contributed by atoms with Gasteiger partial charge in [0.1, 0.15) is 0 Å². The van der Waals surface area contributed by atoms with Crippen LogP contribution in [0.1, 0.15) is 35.6 Å². The Hall–Kier alpha value is -1.66. The summed E-state index contributed by atoms with van der Waals surface area (Å²) in [6.07, 6.45) is 5.11. The number of amides is 1. The first-order valence-corrected chi connectivity index (χ1v) is 9.52. The van der Waals surface area contributed by atoms with Crippen LogP contribution in [0.4, 0.5) is 0 Å². The summed E-state index contributed by atoms with van der Waals surface area (Å²) in [6, 6.07) is 2.03. The summed E-state index contributed by atoms with van der Waals surface area (Å²) < 4.78 is 7.76. The molecule has 1 saturated carbocycles. The summed E-state index contributed by atoms with van der Waals surface area (Å²) in [7, 11) is 1.94. The van der Waals surface area contributed by atoms with Crippen molar-refractivity contribution in [2.24, 2.45) is 13.0 Å². The summed E-state index contributed by atoms with van der Waals surface area (Å²) in [6.45, 7) is 2.87. The van der Waals surface area contributed by atoms with Crippen LogP contribution in [0.2, 0.25) is 0 Å². The molecule has 2 aliphatic rings. The number of rotatable bonds is 6. The van der Waals surface area contributed by atoms with Crippen molar-refractivity contribution >= 4 is 17.2 Å². The summed E-state index contributed by atoms with van der Waals surface area (Å²) >= 11 is 1.64. The van der Waals surface area contributed by atoms with Crippen molar-refractivity contribution < 1.29 is 9.53 Å². The van der Waals surface area contributed by atoms with E-state index < -0.39 is 0 Å². The topological polar surface area (TPSA) is 47.4 Å². The van der Waals surface area contributed by atoms with Crippen LogP contribution >= 0.6 is 11.3 Å². The van der Waals surface area contributed by atoms with Gasteiger partial charge < -0.3 is 9.64 Å². The van der Waals surface area contributed by atoms with E-state index in [1.165, 1.54) is 12.8 Å². The van der Waals surface area contributed by atoms with Gasteiger partial charge in [-0.15, -0.1) is 0 Å². The summed E-state index contributed by atoms with van der Waals surface area (Å²) in [5.41, 5.74) is 3.36. The molecule has 6 heteroatoms. The van der Waals surface area contributed by atoms with Gasteiger partial charge >= 0.3 is 0 Å². The fourth-order valence-corrected chi connectivity index (χ4v) is 3.97. The second-order valence-corrected chi connectivity index (χ2v) is 7.75. The van der Waals surface area contributed by atoms with E-state index >= 15 is 0 Å². The molecular formula is C18H23N3O2S. The molecule has 0 spiro atoms. The second-order valence-electron chi connectivity index (χ2n) is 6.97. The van der Waals surface area contributed by atoms with Crippen molar-refractivity contribution in [2.75, 3.05) is 19.8 Å². The van der Waals surface area contributed by atoms with Crippen molar-refractivity contribution in [2.45, 2.75) is 31.7 Å². The van der Waals surface area contributed by atoms with E-state index in [9.17, 15) is 4.79 Å². The number of thiophene rings is 1. The monoisotopic (exact) mass is 345 g/mol. The van der Waals surface area contributed by atoms with Crippen molar-refractivity contribution in [3.63, 3.8) is 0 Å². The number of hydrogen-bond donors (Lipinski definition) is 0. The molecule has 0 unspecified atom stereocenters. The molecule has 24 heavy (non-hydrogen) atoms. The summed E-state index contributed by atoms with van der Waals surface area (Å²) in [5.74, 6) is 1.13. The van der Waals surface area contributed by atoms with Crippen molar-refractivity contribution in [1.29, 1.82) is 0 Å². The normalized spacial score (nSPS) is 20.2. The first kappa shape index (κ1) is 15.8. The molecule has 3 heterocycles. The van der Waals surface area contributed by atoms with Crippen LogP contribution in [0.15, 0.2) is 23.0 Å². The van der Waals surface area contributed by atoms with Crippen LogP contribution in [-0.2, 0) is 29.5 Å². The van der Waals surface area contributed by atoms with Gasteiger partial charge in [0.25, 0.3) is 0 Å². The van der Waals surface area contributed by atoms with Gasteiger partial charge in [-0.05, 0) is 41.1 Å². The lowest BCUT2D eigenvalue weighted by Crippen LogP contribution is -2.40. The Bertz CT molecular complexity index is 706. The van der Waals surface area contributed by atoms with E-state index in [0.717, 1.165) is 29.3 Å². The highest BCUT2D eigenvalue weighted by Crippen LogP contribution is 2.31. The standard InChI is InChI=1S/C18H23N3O2S/c1-20-7-15-8-21(17(22)6-14-4-5-24-12-14)9-16(18(15)19-20)11-23-10-13-2-3-13/h4-5,7,12-13,16H,2-3,6,8-11H2,1H3/t16-/m1/s1. The number of carbonyl (C=O) groups is 1. The van der Waals surface area contributed by atoms with E-state index in [0.29, 0.717) is 26.1 Å². The van der Waals surface area contributed by atoms with Crippen LogP contribution in [0.3, 0.4) is 0 Å². The molecule has 5 nitrogen and oxygen atoms in total. The van der Waals surface area contributed by atoms with Gasteiger partial charge in [-0.1, -0.05) is 0 Å². The average molecular weight is 345 g/mol. The third-order valence-corrected chi connectivity index (χ3v) is 5.52. The molecule has 0 saturated heterocycles. The smallest absolute Gasteiger partial charge is 0.227 e. The molecule has 1 fully saturated rings. The van der Waals surface area contributed by atoms with Gasteiger partial charge in [0.2, 0.25) is 5.91 Å². The molecule has 1 aliphatic heterocycles. The minimum atomic E-state index is 0.181. The lowest BCUT2D eigenvalue weighted by molar-refractivity contribution is -0.132. The highest BCUT2D eigenvalue weighted by molar-refractivity contribution is 7.07. The zero-order valence-corrected chi connectivity index (χ0v) is 14.8. The van der Waals surface area contributed by atoms with Crippen LogP contribution in [-0.4, -0.2) is 40.3 Å². The predicted octanol–water partition coefficient (Wildman–Crippen LogP) is 2.58. The largest absolute Gasteiger partial charge is 0.380 e. The van der Waals surface area contributed by atoms with Gasteiger partial charge in [0.05, 0.1) is 18.7 Å². The first-order valence-electron chi connectivity index (χ1n) is 8.58. The Morgan fingerprint density at radius 1 is 1.42 bits per heavy atom. The number of carbonyl (C=O) groups excluding carboxylic acids is 1. The third-order valence-electron chi connectivity index (χ3n) is 4.78. The molecule has 4 rings (SSSR count). The lowest BCUT2D eigenvalue weighted by atomic mass is 9.97. The molecule has 1 aliphatic carbocycles. The molecule has 128 valence electrons. The SMILES string of the molecule is Cn1cc2c(n1)[C@@H](COCC1CC1)CN(C(=O)Cc1ccsc1)C2. The molecule has 0 aromatic carbocycles. The molecule has 0 bridgehead atoms. The van der Waals surface area contributed by atoms with Gasteiger partial charge in [-0.3, -0.25) is 9.48 Å². The Labute approximate surface area is 146 Å². The Morgan fingerprint density at radius 3 is 3.04 bits per heavy atom. The minimum Gasteiger partial charge on any atom is -0.380 e. The highest BCUT2D eigenvalue weighted by atomic mass is 32.1. The Balaban J connectivity index is 1.45. The highest BCUT2D eigenvalue weighted by Gasteiger charge is 2.31. The number of ether oxygens (including phenoxy) is 1. The second kappa shape index (κ2) is 6.69. The van der Waals surface area contributed by atoms with Crippen LogP contribution in [0, 0.1) is 5.92 Å². The summed E-state index contributed by atoms with van der Waals surface area (Å²) in [4.78, 5) is 14.6. The maximum Gasteiger partial charge on any atom is 0.227 e. The van der Waals surface area contributed by atoms with E-state index in [4.69, 9.17) is 4.74 Å². The molecule has 0 N–H and O–H groups in total. The minimum absolute atomic E-state index is 0.181. The zero-order valence-electron chi connectivity index (χ0n) is 14.0. The van der Waals surface area contributed by atoms with Crippen LogP contribution < -0.4 is 0 Å². The Morgan fingerprint density at radius 2 is 2.29 bits per heavy atom. The predicted molar refractivity (Wildman–Crippen MR) is 92.9 cm³/mol. The van der Waals surface area contributed by atoms with Gasteiger partial charge in [-0.25, -0.2) is 0 Å². The van der Waals surface area contributed by atoms with E-state index in [1.54, 1.807) is 11.3 Å². The molecule has 0 radical (unpaired) electrons. The lowest BCUT2D eigenvalue weighted by Gasteiger charge is -2.32. The fraction of sp³-hybridized carbons (Fsp3) is 0.556. The Kier molecular flexibility index (Phi) is 4.41. The zero-order chi connectivity index (χ0) is 16.5. The maximum absolute atomic E-state index is 12.7. The number of aryl methyl sites for hydroxylation is 1. The first-order chi connectivity index (χ1) is 11.7. The number of hydrogen-bond acceptors (Lipinski definition) is 4. The van der Waals surface area contributed by atoms with Crippen molar-refractivity contribution in [3.8, 4) is 0 Å². The molecule has 1 atom stereocenters. The number of aromatic nitrogens is 2. The van der Waals surface area contributed by atoms with E-state index in [1.807, 2.05) is 39.7 Å². The van der Waals surface area contributed by atoms with Gasteiger partial charge in [-0.2, -0.15) is 16.4 Å². The molecular weight excluding hydrogens is 322 g/mol. The molecule has 1 amide bonds. The quantitative estimate of drug-likeness (QED) is 0.808. The van der Waals surface area contributed by atoms with E-state index in [2.05, 4.69) is 5.10 Å². The van der Waals surface area contributed by atoms with Crippen molar-refractivity contribution in [1.82, 2.24) is 14.7 Å². The molecule has 2 aromatic rings. The number of nitrogens with zero attached hydrogens (tertiary/aromatic N) is 3. The maximum atomic E-state index is 12.7. The summed E-state index contributed by atoms with van der Waals surface area (Å²) in [5, 5.41) is 8.69. The van der Waals surface area contributed by atoms with Gasteiger partial charge in [0.15, 0.2) is 0 Å². The fourth-order valence-electron chi connectivity index (χ4n) is 3.31. The average Bonchev–Trinajstić information content (AvgIpc) is 3.08. The van der Waals surface area contributed by atoms with Gasteiger partial charge in [0, 0.05) is 44.4 Å². The van der Waals surface area contributed by atoms with E-state index in [-0.39, 0.29) is 11.8 Å². The number of fused-ring (bicyclic) bond motifs is 1. The third kappa shape index (κ3) is 3.54. The van der Waals surface area contributed by atoms with Crippen LogP contribution in [0.5, 0.6) is 0 Å².